The fourth-order valence-corrected chi connectivity index (χ4v) is 6.16. The van der Waals surface area contributed by atoms with Crippen molar-refractivity contribution < 1.29 is 27.9 Å². The molecule has 4 rings (SSSR count). The fourth-order valence-electron chi connectivity index (χ4n) is 4.93. The number of nitrogens with one attached hydrogen (secondary N) is 4. The van der Waals surface area contributed by atoms with Crippen molar-refractivity contribution in [2.24, 2.45) is 5.73 Å². The van der Waals surface area contributed by atoms with Crippen molar-refractivity contribution in [2.45, 2.75) is 55.1 Å². The molecule has 41 heavy (non-hydrogen) atoms. The number of carbonyl (C=O) groups is 3. The Morgan fingerprint density at radius 3 is 2.51 bits per heavy atom. The van der Waals surface area contributed by atoms with Crippen molar-refractivity contribution in [1.82, 2.24) is 25.2 Å². The summed E-state index contributed by atoms with van der Waals surface area (Å²) in [5.74, 6) is -1.81. The Labute approximate surface area is 239 Å². The first-order valence-corrected chi connectivity index (χ1v) is 15.1. The van der Waals surface area contributed by atoms with Gasteiger partial charge in [-0.15, -0.1) is 0 Å². The van der Waals surface area contributed by atoms with Crippen LogP contribution in [0.15, 0.2) is 47.4 Å². The van der Waals surface area contributed by atoms with Crippen molar-refractivity contribution in [3.05, 3.63) is 42.5 Å². The number of likely N-dealkylation sites (tertiary alicyclic amines) is 1. The zero-order valence-electron chi connectivity index (χ0n) is 22.7. The Morgan fingerprint density at radius 2 is 1.83 bits per heavy atom. The summed E-state index contributed by atoms with van der Waals surface area (Å²) in [6, 6.07) is 9.82. The zero-order chi connectivity index (χ0) is 29.6. The van der Waals surface area contributed by atoms with Crippen LogP contribution in [0.5, 0.6) is 0 Å². The van der Waals surface area contributed by atoms with Gasteiger partial charge in [-0.2, -0.15) is 4.72 Å². The van der Waals surface area contributed by atoms with Crippen LogP contribution in [0, 0.1) is 5.41 Å². The van der Waals surface area contributed by atoms with Gasteiger partial charge in [0.1, 0.15) is 6.04 Å². The lowest BCUT2D eigenvalue weighted by Crippen LogP contribution is -2.55. The van der Waals surface area contributed by atoms with E-state index in [2.05, 4.69) is 15.4 Å². The van der Waals surface area contributed by atoms with E-state index in [0.717, 1.165) is 5.39 Å². The Bertz CT molecular complexity index is 1400. The minimum Gasteiger partial charge on any atom is -0.395 e. The van der Waals surface area contributed by atoms with Crippen molar-refractivity contribution in [3.63, 3.8) is 0 Å². The van der Waals surface area contributed by atoms with E-state index in [1.165, 1.54) is 17.0 Å². The molecule has 2 aliphatic rings. The molecule has 13 nitrogen and oxygen atoms in total. The number of benzene rings is 2. The van der Waals surface area contributed by atoms with Crippen LogP contribution < -0.4 is 21.1 Å². The highest BCUT2D eigenvalue weighted by Gasteiger charge is 2.39. The molecule has 1 heterocycles. The molecule has 1 saturated heterocycles. The van der Waals surface area contributed by atoms with Crippen LogP contribution in [0.2, 0.25) is 0 Å². The average Bonchev–Trinajstić information content (AvgIpc) is 3.79. The topological polar surface area (TPSA) is 198 Å². The third-order valence-electron chi connectivity index (χ3n) is 7.16. The molecule has 7 N–H and O–H groups in total. The second-order valence-corrected chi connectivity index (χ2v) is 12.1. The molecule has 0 radical (unpaired) electrons. The smallest absolute Gasteiger partial charge is 0.242 e. The number of amides is 3. The van der Waals surface area contributed by atoms with Crippen molar-refractivity contribution in [3.8, 4) is 0 Å². The third-order valence-corrected chi connectivity index (χ3v) is 8.63. The van der Waals surface area contributed by atoms with Crippen LogP contribution in [0.1, 0.15) is 32.1 Å². The van der Waals surface area contributed by atoms with Gasteiger partial charge in [-0.1, -0.05) is 30.3 Å². The van der Waals surface area contributed by atoms with Gasteiger partial charge in [0.25, 0.3) is 0 Å². The number of piperidine rings is 1. The van der Waals surface area contributed by atoms with Gasteiger partial charge < -0.3 is 31.3 Å². The summed E-state index contributed by atoms with van der Waals surface area (Å²) in [6.07, 6.45) is 2.18. The molecule has 0 unspecified atom stereocenters. The van der Waals surface area contributed by atoms with Gasteiger partial charge in [-0.05, 0) is 48.6 Å². The maximum atomic E-state index is 13.8. The van der Waals surface area contributed by atoms with Gasteiger partial charge >= 0.3 is 0 Å². The molecule has 2 aromatic rings. The maximum absolute atomic E-state index is 13.8. The van der Waals surface area contributed by atoms with Crippen LogP contribution in [0.3, 0.4) is 0 Å². The molecule has 0 spiro atoms. The van der Waals surface area contributed by atoms with Gasteiger partial charge in [-0.25, -0.2) is 8.42 Å². The first kappa shape index (κ1) is 30.2. The molecule has 1 aliphatic heterocycles. The molecule has 2 fully saturated rings. The predicted molar refractivity (Wildman–Crippen MR) is 152 cm³/mol. The Kier molecular flexibility index (Phi) is 9.78. The van der Waals surface area contributed by atoms with Crippen molar-refractivity contribution in [1.29, 1.82) is 5.41 Å². The molecule has 14 heteroatoms. The first-order chi connectivity index (χ1) is 19.6. The molecule has 2 atom stereocenters. The number of hydrogen-bond donors (Lipinski definition) is 6. The Balaban J connectivity index is 1.55. The van der Waals surface area contributed by atoms with E-state index < -0.39 is 40.2 Å². The minimum absolute atomic E-state index is 0.0185. The van der Waals surface area contributed by atoms with Crippen LogP contribution in [0.4, 0.5) is 0 Å². The quantitative estimate of drug-likeness (QED) is 0.140. The number of nitrogens with zero attached hydrogens (tertiary/aromatic N) is 2. The van der Waals surface area contributed by atoms with Gasteiger partial charge in [0.15, 0.2) is 5.96 Å². The minimum atomic E-state index is -4.24. The van der Waals surface area contributed by atoms with Crippen LogP contribution >= 0.6 is 0 Å². The SMILES string of the molecule is N=C(N)N1CCC[C@H](NC(=O)C[C@H](NS(=O)(=O)c2ccc3ccccc3c2)C(=O)N(CC(=O)NCCO)C2CC2)C1. The summed E-state index contributed by atoms with van der Waals surface area (Å²) < 4.78 is 29.4. The second kappa shape index (κ2) is 13.3. The number of fused-ring (bicyclic) bond motifs is 1. The second-order valence-electron chi connectivity index (χ2n) is 10.4. The molecule has 2 aromatic carbocycles. The Morgan fingerprint density at radius 1 is 1.10 bits per heavy atom. The number of aliphatic hydroxyl groups is 1. The molecule has 0 aromatic heterocycles. The number of rotatable bonds is 12. The highest BCUT2D eigenvalue weighted by atomic mass is 32.2. The molecule has 222 valence electrons. The lowest BCUT2D eigenvalue weighted by molar-refractivity contribution is -0.139. The normalized spacial score (nSPS) is 18.0. The van der Waals surface area contributed by atoms with Gasteiger partial charge in [0.05, 0.1) is 24.5 Å². The summed E-state index contributed by atoms with van der Waals surface area (Å²) in [5, 5.41) is 23.6. The predicted octanol–water partition coefficient (Wildman–Crippen LogP) is -0.550. The average molecular weight is 588 g/mol. The van der Waals surface area contributed by atoms with Crippen molar-refractivity contribution >= 4 is 44.5 Å². The van der Waals surface area contributed by atoms with Gasteiger partial charge in [0.2, 0.25) is 27.7 Å². The van der Waals surface area contributed by atoms with E-state index in [4.69, 9.17) is 16.2 Å². The highest BCUT2D eigenvalue weighted by Crippen LogP contribution is 2.28. The van der Waals surface area contributed by atoms with Crippen LogP contribution in [0.25, 0.3) is 10.8 Å². The summed E-state index contributed by atoms with van der Waals surface area (Å²) in [4.78, 5) is 42.2. The number of hydrogen-bond acceptors (Lipinski definition) is 7. The zero-order valence-corrected chi connectivity index (χ0v) is 23.5. The van der Waals surface area contributed by atoms with E-state index in [1.54, 1.807) is 23.1 Å². The highest BCUT2D eigenvalue weighted by molar-refractivity contribution is 7.89. The molecule has 3 amide bonds. The van der Waals surface area contributed by atoms with Gasteiger partial charge in [-0.3, -0.25) is 19.8 Å². The lowest BCUT2D eigenvalue weighted by Gasteiger charge is -2.33. The van der Waals surface area contributed by atoms with Crippen LogP contribution in [-0.2, 0) is 24.4 Å². The number of guanidine groups is 1. The van der Waals surface area contributed by atoms with E-state index in [0.29, 0.717) is 44.2 Å². The summed E-state index contributed by atoms with van der Waals surface area (Å²) in [6.45, 7) is 0.366. The van der Waals surface area contributed by atoms with E-state index in [9.17, 15) is 22.8 Å². The number of aliphatic hydroxyl groups excluding tert-OH is 1. The lowest BCUT2D eigenvalue weighted by atomic mass is 10.1. The fraction of sp³-hybridized carbons (Fsp3) is 0.481. The van der Waals surface area contributed by atoms with Crippen LogP contribution in [-0.4, -0.2) is 97.9 Å². The first-order valence-electron chi connectivity index (χ1n) is 13.6. The largest absolute Gasteiger partial charge is 0.395 e. The van der Waals surface area contributed by atoms with E-state index in [-0.39, 0.29) is 42.6 Å². The molecule has 1 aliphatic carbocycles. The standard InChI is InChI=1S/C27H37N7O6S/c28-27(29)33-12-3-6-20(16-33)31-24(36)15-23(26(38)34(21-8-9-21)17-25(37)30-11-13-35)32-41(39,40)22-10-7-18-4-1-2-5-19(18)14-22/h1-2,4-5,7,10,14,20-21,23,32,35H,3,6,8-9,11-13,15-17H2,(H3,28,29)(H,30,37)(H,31,36)/t20-,23-/m0/s1. The van der Waals surface area contributed by atoms with Crippen molar-refractivity contribution in [2.75, 3.05) is 32.8 Å². The monoisotopic (exact) mass is 587 g/mol. The summed E-state index contributed by atoms with van der Waals surface area (Å²) >= 11 is 0. The molecular weight excluding hydrogens is 550 g/mol. The summed E-state index contributed by atoms with van der Waals surface area (Å²) in [7, 11) is -4.24. The van der Waals surface area contributed by atoms with E-state index >= 15 is 0 Å². The van der Waals surface area contributed by atoms with Gasteiger partial charge in [0, 0.05) is 31.7 Å². The third kappa shape index (κ3) is 8.15. The van der Waals surface area contributed by atoms with E-state index in [1.807, 2.05) is 12.1 Å². The summed E-state index contributed by atoms with van der Waals surface area (Å²) in [5.41, 5.74) is 5.60. The number of sulfonamides is 1. The number of nitrogens with two attached hydrogens (primary N) is 1. The molecular formula is C27H37N7O6S. The molecule has 0 bridgehead atoms. The maximum Gasteiger partial charge on any atom is 0.242 e. The molecule has 1 saturated carbocycles. The Hall–Kier alpha value is -3.75. The number of carbonyl (C=O) groups excluding carboxylic acids is 3.